The highest BCUT2D eigenvalue weighted by Crippen LogP contribution is 2.08. The summed E-state index contributed by atoms with van der Waals surface area (Å²) in [5.74, 6) is 1.80. The minimum absolute atomic E-state index is 0.488. The van der Waals surface area contributed by atoms with Gasteiger partial charge in [0.2, 0.25) is 0 Å². The van der Waals surface area contributed by atoms with E-state index in [9.17, 15) is 0 Å². The van der Waals surface area contributed by atoms with E-state index in [1.807, 2.05) is 12.1 Å². The summed E-state index contributed by atoms with van der Waals surface area (Å²) in [6, 6.07) is 3.94. The van der Waals surface area contributed by atoms with Crippen molar-refractivity contribution >= 4 is 0 Å². The smallest absolute Gasteiger partial charge is 0.129 e. The van der Waals surface area contributed by atoms with Gasteiger partial charge in [0, 0.05) is 7.11 Å². The van der Waals surface area contributed by atoms with Crippen LogP contribution in [0, 0.1) is 0 Å². The molecule has 0 fully saturated rings. The van der Waals surface area contributed by atoms with Crippen LogP contribution in [0.1, 0.15) is 24.9 Å². The molecule has 0 atom stereocenters. The highest BCUT2D eigenvalue weighted by atomic mass is 16.5. The average molecular weight is 271 g/mol. The van der Waals surface area contributed by atoms with Gasteiger partial charge in [-0.1, -0.05) is 6.92 Å². The van der Waals surface area contributed by atoms with Gasteiger partial charge in [0.25, 0.3) is 0 Å². The molecule has 5 heteroatoms. The Kier molecular flexibility index (Phi) is 9.36. The van der Waals surface area contributed by atoms with Crippen molar-refractivity contribution in [1.29, 1.82) is 0 Å². The topological polar surface area (TPSA) is 52.9 Å². The highest BCUT2D eigenvalue weighted by Gasteiger charge is 2.01. The molecule has 0 unspecified atom stereocenters. The number of rotatable bonds is 12. The van der Waals surface area contributed by atoms with E-state index >= 15 is 0 Å². The van der Waals surface area contributed by atoms with Crippen molar-refractivity contribution in [3.8, 4) is 0 Å². The fourth-order valence-corrected chi connectivity index (χ4v) is 1.52. The molecule has 0 aliphatic heterocycles. The van der Waals surface area contributed by atoms with Gasteiger partial charge in [-0.15, -0.1) is 0 Å². The van der Waals surface area contributed by atoms with Crippen LogP contribution in [0.25, 0.3) is 0 Å². The molecule has 1 heterocycles. The van der Waals surface area contributed by atoms with Crippen LogP contribution in [0.2, 0.25) is 0 Å². The SMILES string of the molecule is CCCNCc1ccc(COCCOCCOC)o1. The average Bonchev–Trinajstić information content (AvgIpc) is 2.86. The van der Waals surface area contributed by atoms with Crippen molar-refractivity contribution in [3.05, 3.63) is 23.7 Å². The van der Waals surface area contributed by atoms with Crippen LogP contribution in [0.5, 0.6) is 0 Å². The maximum absolute atomic E-state index is 5.63. The number of hydrogen-bond donors (Lipinski definition) is 1. The van der Waals surface area contributed by atoms with E-state index in [-0.39, 0.29) is 0 Å². The third-order valence-corrected chi connectivity index (χ3v) is 2.49. The molecule has 5 nitrogen and oxygen atoms in total. The van der Waals surface area contributed by atoms with Crippen LogP contribution in [-0.2, 0) is 27.4 Å². The standard InChI is InChI=1S/C14H25NO4/c1-3-6-15-11-13-4-5-14(19-13)12-18-10-9-17-8-7-16-2/h4-5,15H,3,6-12H2,1-2H3. The van der Waals surface area contributed by atoms with Crippen LogP contribution < -0.4 is 5.32 Å². The van der Waals surface area contributed by atoms with Crippen molar-refractivity contribution < 1.29 is 18.6 Å². The second kappa shape index (κ2) is 11.0. The Morgan fingerprint density at radius 2 is 1.79 bits per heavy atom. The molecule has 1 rings (SSSR count). The summed E-state index contributed by atoms with van der Waals surface area (Å²) in [6.45, 7) is 6.77. The molecule has 0 aliphatic rings. The number of nitrogens with one attached hydrogen (secondary N) is 1. The number of ether oxygens (including phenoxy) is 3. The van der Waals surface area contributed by atoms with E-state index in [2.05, 4.69) is 12.2 Å². The molecule has 1 aromatic rings. The molecule has 0 saturated carbocycles. The largest absolute Gasteiger partial charge is 0.462 e. The molecule has 19 heavy (non-hydrogen) atoms. The maximum Gasteiger partial charge on any atom is 0.129 e. The molecule has 0 bridgehead atoms. The van der Waals surface area contributed by atoms with Crippen LogP contribution in [0.15, 0.2) is 16.5 Å². The molecule has 1 N–H and O–H groups in total. The van der Waals surface area contributed by atoms with Gasteiger partial charge in [-0.3, -0.25) is 0 Å². The van der Waals surface area contributed by atoms with Crippen molar-refractivity contribution in [2.75, 3.05) is 40.1 Å². The molecule has 0 saturated heterocycles. The second-order valence-electron chi connectivity index (χ2n) is 4.20. The Labute approximate surface area is 115 Å². The van der Waals surface area contributed by atoms with E-state index in [0.717, 1.165) is 31.0 Å². The Balaban J connectivity index is 2.03. The zero-order valence-electron chi connectivity index (χ0n) is 11.9. The third kappa shape index (κ3) is 8.00. The third-order valence-electron chi connectivity index (χ3n) is 2.49. The number of methoxy groups -OCH3 is 1. The minimum Gasteiger partial charge on any atom is -0.462 e. The van der Waals surface area contributed by atoms with E-state index in [0.29, 0.717) is 33.0 Å². The summed E-state index contributed by atoms with van der Waals surface area (Å²) in [6.07, 6.45) is 1.12. The highest BCUT2D eigenvalue weighted by molar-refractivity contribution is 5.06. The van der Waals surface area contributed by atoms with Gasteiger partial charge in [0.15, 0.2) is 0 Å². The fraction of sp³-hybridized carbons (Fsp3) is 0.714. The molecule has 0 radical (unpaired) electrons. The van der Waals surface area contributed by atoms with Crippen LogP contribution >= 0.6 is 0 Å². The predicted octanol–water partition coefficient (Wildman–Crippen LogP) is 1.96. The Morgan fingerprint density at radius 1 is 1.05 bits per heavy atom. The van der Waals surface area contributed by atoms with Gasteiger partial charge in [-0.05, 0) is 25.1 Å². The van der Waals surface area contributed by atoms with Crippen molar-refractivity contribution in [2.45, 2.75) is 26.5 Å². The molecule has 0 aromatic carbocycles. The van der Waals surface area contributed by atoms with E-state index in [4.69, 9.17) is 18.6 Å². The normalized spacial score (nSPS) is 11.1. The summed E-state index contributed by atoms with van der Waals surface area (Å²) < 4.78 is 21.3. The zero-order chi connectivity index (χ0) is 13.8. The molecule has 0 spiro atoms. The van der Waals surface area contributed by atoms with Gasteiger partial charge in [0.05, 0.1) is 33.0 Å². The lowest BCUT2D eigenvalue weighted by Crippen LogP contribution is -2.13. The zero-order valence-corrected chi connectivity index (χ0v) is 11.9. The number of furan rings is 1. The quantitative estimate of drug-likeness (QED) is 0.589. The van der Waals surface area contributed by atoms with Crippen molar-refractivity contribution in [1.82, 2.24) is 5.32 Å². The maximum atomic E-state index is 5.63. The summed E-state index contributed by atoms with van der Waals surface area (Å²) in [7, 11) is 1.66. The van der Waals surface area contributed by atoms with Gasteiger partial charge >= 0.3 is 0 Å². The first-order valence-electron chi connectivity index (χ1n) is 6.79. The van der Waals surface area contributed by atoms with Crippen molar-refractivity contribution in [3.63, 3.8) is 0 Å². The second-order valence-corrected chi connectivity index (χ2v) is 4.20. The lowest BCUT2D eigenvalue weighted by Gasteiger charge is -2.04. The van der Waals surface area contributed by atoms with Crippen LogP contribution in [-0.4, -0.2) is 40.1 Å². The Morgan fingerprint density at radius 3 is 2.58 bits per heavy atom. The van der Waals surface area contributed by atoms with Gasteiger partial charge in [-0.2, -0.15) is 0 Å². The predicted molar refractivity (Wildman–Crippen MR) is 73.1 cm³/mol. The molecule has 1 aromatic heterocycles. The lowest BCUT2D eigenvalue weighted by atomic mass is 10.4. The Hall–Kier alpha value is -0.880. The van der Waals surface area contributed by atoms with E-state index < -0.39 is 0 Å². The summed E-state index contributed by atoms with van der Waals surface area (Å²) in [5.41, 5.74) is 0. The van der Waals surface area contributed by atoms with Crippen molar-refractivity contribution in [2.24, 2.45) is 0 Å². The van der Waals surface area contributed by atoms with E-state index in [1.165, 1.54) is 0 Å². The van der Waals surface area contributed by atoms with Gasteiger partial charge in [-0.25, -0.2) is 0 Å². The molecule has 0 amide bonds. The van der Waals surface area contributed by atoms with Crippen LogP contribution in [0.4, 0.5) is 0 Å². The molecule has 110 valence electrons. The fourth-order valence-electron chi connectivity index (χ4n) is 1.52. The van der Waals surface area contributed by atoms with Crippen LogP contribution in [0.3, 0.4) is 0 Å². The number of hydrogen-bond acceptors (Lipinski definition) is 5. The molecule has 0 aliphatic carbocycles. The van der Waals surface area contributed by atoms with Gasteiger partial charge < -0.3 is 23.9 Å². The van der Waals surface area contributed by atoms with Gasteiger partial charge in [0.1, 0.15) is 18.1 Å². The summed E-state index contributed by atoms with van der Waals surface area (Å²) in [5, 5.41) is 3.29. The first-order chi connectivity index (χ1) is 9.36. The summed E-state index contributed by atoms with van der Waals surface area (Å²) >= 11 is 0. The first-order valence-corrected chi connectivity index (χ1v) is 6.79. The lowest BCUT2D eigenvalue weighted by molar-refractivity contribution is 0.0159. The monoisotopic (exact) mass is 271 g/mol. The summed E-state index contributed by atoms with van der Waals surface area (Å²) in [4.78, 5) is 0. The molecular weight excluding hydrogens is 246 g/mol. The Bertz CT molecular complexity index is 314. The van der Waals surface area contributed by atoms with E-state index in [1.54, 1.807) is 7.11 Å². The minimum atomic E-state index is 0.488. The first kappa shape index (κ1) is 16.2. The molecular formula is C14H25NO4.